The highest BCUT2D eigenvalue weighted by atomic mass is 32.2. The number of aromatic nitrogens is 1. The summed E-state index contributed by atoms with van der Waals surface area (Å²) in [5.41, 5.74) is -0.154. The van der Waals surface area contributed by atoms with Crippen LogP contribution in [0, 0.1) is 11.3 Å². The van der Waals surface area contributed by atoms with E-state index in [1.807, 2.05) is 0 Å². The summed E-state index contributed by atoms with van der Waals surface area (Å²) in [6.45, 7) is 0.264. The summed E-state index contributed by atoms with van der Waals surface area (Å²) >= 11 is 0. The normalized spacial score (nSPS) is 19.7. The van der Waals surface area contributed by atoms with Gasteiger partial charge in [-0.3, -0.25) is 4.79 Å². The van der Waals surface area contributed by atoms with Gasteiger partial charge in [-0.2, -0.15) is 9.57 Å². The molecule has 112 valence electrons. The predicted octanol–water partition coefficient (Wildman–Crippen LogP) is 0.242. The van der Waals surface area contributed by atoms with Crippen LogP contribution in [0.15, 0.2) is 23.2 Å². The molecule has 1 atom stereocenters. The Morgan fingerprint density at radius 2 is 2.29 bits per heavy atom. The van der Waals surface area contributed by atoms with E-state index in [0.29, 0.717) is 12.8 Å². The molecule has 21 heavy (non-hydrogen) atoms. The third kappa shape index (κ3) is 2.89. The van der Waals surface area contributed by atoms with Gasteiger partial charge in [0.25, 0.3) is 0 Å². The van der Waals surface area contributed by atoms with E-state index in [4.69, 9.17) is 5.26 Å². The molecule has 0 saturated carbocycles. The number of nitrogens with zero attached hydrogens (tertiary/aromatic N) is 3. The number of hydrogen-bond acceptors (Lipinski definition) is 5. The van der Waals surface area contributed by atoms with Crippen LogP contribution in [0.1, 0.15) is 25.0 Å². The van der Waals surface area contributed by atoms with E-state index in [9.17, 15) is 13.2 Å². The number of nitrogens with one attached hydrogen (secondary N) is 1. The molecule has 0 bridgehead atoms. The van der Waals surface area contributed by atoms with Crippen molar-refractivity contribution in [2.24, 2.45) is 0 Å². The van der Waals surface area contributed by atoms with E-state index in [2.05, 4.69) is 10.3 Å². The number of amides is 1. The molecule has 0 aliphatic carbocycles. The first kappa shape index (κ1) is 15.4. The molecule has 1 saturated heterocycles. The first-order chi connectivity index (χ1) is 10.0. The van der Waals surface area contributed by atoms with Crippen LogP contribution in [-0.4, -0.2) is 43.2 Å². The molecule has 1 aliphatic rings. The van der Waals surface area contributed by atoms with Crippen LogP contribution in [0.5, 0.6) is 0 Å². The minimum absolute atomic E-state index is 0.150. The molecule has 1 aromatic rings. The highest BCUT2D eigenvalue weighted by Gasteiger charge is 2.38. The van der Waals surface area contributed by atoms with E-state index < -0.39 is 16.1 Å². The van der Waals surface area contributed by atoms with Crippen LogP contribution in [0.2, 0.25) is 0 Å². The van der Waals surface area contributed by atoms with E-state index in [0.717, 1.165) is 6.42 Å². The maximum atomic E-state index is 12.8. The zero-order valence-corrected chi connectivity index (χ0v) is 12.4. The fraction of sp³-hybridized carbons (Fsp3) is 0.462. The van der Waals surface area contributed by atoms with Crippen molar-refractivity contribution < 1.29 is 13.2 Å². The maximum absolute atomic E-state index is 12.8. The average Bonchev–Trinajstić information content (AvgIpc) is 2.54. The summed E-state index contributed by atoms with van der Waals surface area (Å²) in [6.07, 6.45) is 3.32. The third-order valence-corrected chi connectivity index (χ3v) is 5.41. The number of carbonyl (C=O) groups excluding carboxylic acids is 1. The lowest BCUT2D eigenvalue weighted by atomic mass is 10.0. The van der Waals surface area contributed by atoms with Crippen LogP contribution >= 0.6 is 0 Å². The fourth-order valence-corrected chi connectivity index (χ4v) is 4.18. The summed E-state index contributed by atoms with van der Waals surface area (Å²) in [5.74, 6) is -0.333. The second-order valence-corrected chi connectivity index (χ2v) is 6.56. The number of pyridine rings is 1. The molecule has 8 heteroatoms. The highest BCUT2D eigenvalue weighted by Crippen LogP contribution is 2.26. The van der Waals surface area contributed by atoms with Crippen molar-refractivity contribution in [2.45, 2.75) is 30.2 Å². The van der Waals surface area contributed by atoms with Crippen molar-refractivity contribution in [2.75, 3.05) is 13.6 Å². The Bertz CT molecular complexity index is 681. The zero-order chi connectivity index (χ0) is 15.5. The molecule has 0 spiro atoms. The van der Waals surface area contributed by atoms with Crippen molar-refractivity contribution in [3.8, 4) is 6.07 Å². The van der Waals surface area contributed by atoms with Crippen molar-refractivity contribution in [1.29, 1.82) is 5.26 Å². The van der Waals surface area contributed by atoms with Gasteiger partial charge < -0.3 is 5.32 Å². The zero-order valence-electron chi connectivity index (χ0n) is 11.6. The van der Waals surface area contributed by atoms with Crippen molar-refractivity contribution in [3.63, 3.8) is 0 Å². The van der Waals surface area contributed by atoms with Gasteiger partial charge in [0, 0.05) is 19.8 Å². The number of sulfonamides is 1. The monoisotopic (exact) mass is 308 g/mol. The van der Waals surface area contributed by atoms with Crippen molar-refractivity contribution in [1.82, 2.24) is 14.6 Å². The molecule has 2 rings (SSSR count). The van der Waals surface area contributed by atoms with E-state index in [1.165, 1.54) is 29.7 Å². The van der Waals surface area contributed by atoms with Gasteiger partial charge in [-0.1, -0.05) is 6.42 Å². The Hall–Kier alpha value is -1.98. The number of likely N-dealkylation sites (N-methyl/N-ethyl adjacent to an activating group) is 1. The van der Waals surface area contributed by atoms with Gasteiger partial charge >= 0.3 is 0 Å². The smallest absolute Gasteiger partial charge is 0.246 e. The van der Waals surface area contributed by atoms with Crippen LogP contribution in [-0.2, 0) is 14.8 Å². The largest absolute Gasteiger partial charge is 0.358 e. The van der Waals surface area contributed by atoms with E-state index in [-0.39, 0.29) is 23.0 Å². The minimum Gasteiger partial charge on any atom is -0.358 e. The third-order valence-electron chi connectivity index (χ3n) is 3.47. The molecule has 1 fully saturated rings. The second-order valence-electron chi connectivity index (χ2n) is 4.70. The average molecular weight is 308 g/mol. The summed E-state index contributed by atoms with van der Waals surface area (Å²) < 4.78 is 26.7. The topological polar surface area (TPSA) is 103 Å². The molecule has 1 aromatic heterocycles. The summed E-state index contributed by atoms with van der Waals surface area (Å²) in [5, 5.41) is 11.5. The van der Waals surface area contributed by atoms with Crippen LogP contribution < -0.4 is 5.32 Å². The van der Waals surface area contributed by atoms with Crippen molar-refractivity contribution >= 4 is 15.9 Å². The highest BCUT2D eigenvalue weighted by molar-refractivity contribution is 7.89. The van der Waals surface area contributed by atoms with Crippen molar-refractivity contribution in [3.05, 3.63) is 24.0 Å². The molecule has 1 amide bonds. The number of nitriles is 1. The number of piperidine rings is 1. The Morgan fingerprint density at radius 3 is 2.95 bits per heavy atom. The Morgan fingerprint density at radius 1 is 1.52 bits per heavy atom. The molecule has 0 aromatic carbocycles. The first-order valence-corrected chi connectivity index (χ1v) is 8.05. The van der Waals surface area contributed by atoms with E-state index in [1.54, 1.807) is 6.07 Å². The Labute approximate surface area is 123 Å². The predicted molar refractivity (Wildman–Crippen MR) is 74.5 cm³/mol. The Kier molecular flexibility index (Phi) is 4.55. The molecule has 1 unspecified atom stereocenters. The molecule has 2 heterocycles. The fourth-order valence-electron chi connectivity index (χ4n) is 2.43. The van der Waals surface area contributed by atoms with Crippen LogP contribution in [0.3, 0.4) is 0 Å². The molecule has 0 radical (unpaired) electrons. The minimum atomic E-state index is -3.92. The molecule has 7 nitrogen and oxygen atoms in total. The summed E-state index contributed by atoms with van der Waals surface area (Å²) in [7, 11) is -2.44. The number of rotatable bonds is 3. The summed E-state index contributed by atoms with van der Waals surface area (Å²) in [6, 6.07) is 3.85. The lowest BCUT2D eigenvalue weighted by molar-refractivity contribution is -0.125. The van der Waals surface area contributed by atoms with Gasteiger partial charge in [0.2, 0.25) is 15.9 Å². The first-order valence-electron chi connectivity index (χ1n) is 6.61. The van der Waals surface area contributed by atoms with Gasteiger partial charge in [-0.25, -0.2) is 13.4 Å². The Balaban J connectivity index is 2.46. The van der Waals surface area contributed by atoms with Gasteiger partial charge in [0.15, 0.2) is 5.69 Å². The van der Waals surface area contributed by atoms with Crippen LogP contribution in [0.4, 0.5) is 0 Å². The second kappa shape index (κ2) is 6.20. The number of carbonyl (C=O) groups is 1. The van der Waals surface area contributed by atoms with Gasteiger partial charge in [0.1, 0.15) is 17.0 Å². The SMILES string of the molecule is CNC(=O)C1CCCCN1S(=O)(=O)c1cccnc1C#N. The lowest BCUT2D eigenvalue weighted by Gasteiger charge is -2.33. The standard InChI is InChI=1S/C13H16N4O3S/c1-15-13(18)11-5-2-3-8-17(11)21(19,20)12-6-4-7-16-10(12)9-14/h4,6-7,11H,2-3,5,8H2,1H3,(H,15,18). The van der Waals surface area contributed by atoms with Gasteiger partial charge in [-0.05, 0) is 25.0 Å². The quantitative estimate of drug-likeness (QED) is 0.861. The molecule has 1 aliphatic heterocycles. The van der Waals surface area contributed by atoms with Gasteiger partial charge in [0.05, 0.1) is 0 Å². The maximum Gasteiger partial charge on any atom is 0.246 e. The molecular weight excluding hydrogens is 292 g/mol. The molecular formula is C13H16N4O3S. The lowest BCUT2D eigenvalue weighted by Crippen LogP contribution is -2.51. The van der Waals surface area contributed by atoms with Gasteiger partial charge in [-0.15, -0.1) is 0 Å². The summed E-state index contributed by atoms with van der Waals surface area (Å²) in [4.78, 5) is 15.5. The molecule has 1 N–H and O–H groups in total. The van der Waals surface area contributed by atoms with Crippen LogP contribution in [0.25, 0.3) is 0 Å². The number of hydrogen-bond donors (Lipinski definition) is 1. The van der Waals surface area contributed by atoms with E-state index >= 15 is 0 Å².